The fourth-order valence-corrected chi connectivity index (χ4v) is 3.60. The summed E-state index contributed by atoms with van der Waals surface area (Å²) in [5.74, 6) is 1.21. The van der Waals surface area contributed by atoms with Gasteiger partial charge in [0.1, 0.15) is 19.8 Å². The number of esters is 1. The number of quaternary nitrogens is 1. The van der Waals surface area contributed by atoms with Crippen LogP contribution in [0.2, 0.25) is 0 Å². The molecule has 0 aromatic carbocycles. The number of rotatable bonds is 16. The molecule has 7 nitrogen and oxygen atoms in total. The molecule has 156 valence electrons. The van der Waals surface area contributed by atoms with E-state index in [1.807, 2.05) is 28.1 Å². The molecular weight excluding hydrogens is 377 g/mol. The second-order valence-corrected chi connectivity index (χ2v) is 9.89. The number of ether oxygens (including phenoxy) is 1. The number of hydrogen-bond acceptors (Lipinski definition) is 7. The van der Waals surface area contributed by atoms with Gasteiger partial charge >= 0.3 is 5.97 Å². The lowest BCUT2D eigenvalue weighted by atomic mass is 10.2. The number of carbonyl (C=O) groups excluding carboxylic acids is 1. The Morgan fingerprint density at radius 1 is 1.12 bits per heavy atom. The quantitative estimate of drug-likeness (QED) is 0.166. The van der Waals surface area contributed by atoms with Crippen LogP contribution in [0.1, 0.15) is 39.5 Å². The van der Waals surface area contributed by atoms with Gasteiger partial charge in [-0.3, -0.25) is 9.36 Å². The minimum absolute atomic E-state index is 0.0522. The highest BCUT2D eigenvalue weighted by Gasteiger charge is 2.16. The van der Waals surface area contributed by atoms with Gasteiger partial charge in [-0.1, -0.05) is 33.1 Å². The number of hydrogen-bond donors (Lipinski definition) is 0. The minimum atomic E-state index is -4.35. The number of phosphoric ester groups is 1. The summed E-state index contributed by atoms with van der Waals surface area (Å²) in [5.41, 5.74) is 0. The van der Waals surface area contributed by atoms with Crippen LogP contribution in [-0.2, 0) is 23.1 Å². The van der Waals surface area contributed by atoms with Crippen LogP contribution < -0.4 is 4.89 Å². The summed E-state index contributed by atoms with van der Waals surface area (Å²) in [6.07, 6.45) is 4.86. The topological polar surface area (TPSA) is 84.9 Å². The Balaban J connectivity index is 3.77. The zero-order valence-electron chi connectivity index (χ0n) is 16.9. The van der Waals surface area contributed by atoms with Gasteiger partial charge in [-0.05, 0) is 12.2 Å². The summed E-state index contributed by atoms with van der Waals surface area (Å²) in [7, 11) is 1.45. The van der Waals surface area contributed by atoms with Gasteiger partial charge in [-0.15, -0.1) is 0 Å². The second kappa shape index (κ2) is 14.0. The summed E-state index contributed by atoms with van der Waals surface area (Å²) in [6.45, 7) is 4.25. The SMILES string of the molecule is CCCCCCSCC(C)C(=O)OCCOP(=O)([O-])OCC[N+](C)(C)C. The molecule has 0 amide bonds. The highest BCUT2D eigenvalue weighted by atomic mass is 32.2. The third-order valence-electron chi connectivity index (χ3n) is 3.50. The van der Waals surface area contributed by atoms with Crippen molar-refractivity contribution >= 4 is 25.6 Å². The van der Waals surface area contributed by atoms with Gasteiger partial charge in [0.05, 0.1) is 33.7 Å². The number of nitrogens with zero attached hydrogens (tertiary/aromatic N) is 1. The van der Waals surface area contributed by atoms with Crippen LogP contribution in [0.5, 0.6) is 0 Å². The van der Waals surface area contributed by atoms with Crippen LogP contribution in [0.25, 0.3) is 0 Å². The van der Waals surface area contributed by atoms with Gasteiger partial charge in [0.2, 0.25) is 0 Å². The molecule has 0 spiro atoms. The average Bonchev–Trinajstić information content (AvgIpc) is 2.53. The van der Waals surface area contributed by atoms with Crippen molar-refractivity contribution in [2.24, 2.45) is 5.92 Å². The fourth-order valence-electron chi connectivity index (χ4n) is 1.86. The first-order chi connectivity index (χ1) is 12.1. The van der Waals surface area contributed by atoms with E-state index in [0.29, 0.717) is 16.8 Å². The maximum Gasteiger partial charge on any atom is 0.309 e. The molecule has 0 saturated heterocycles. The smallest absolute Gasteiger partial charge is 0.309 e. The number of phosphoric acid groups is 1. The summed E-state index contributed by atoms with van der Waals surface area (Å²) < 4.78 is 26.7. The molecule has 0 rings (SSSR count). The average molecular weight is 414 g/mol. The molecule has 0 bridgehead atoms. The molecule has 0 aromatic rings. The standard InChI is InChI=1S/C17H36NO6PS/c1-6-7-8-9-14-26-15-16(2)17(19)22-12-13-24-25(20,21)23-11-10-18(3,4)5/h16H,6-15H2,1-5H3. The molecule has 2 unspecified atom stereocenters. The van der Waals surface area contributed by atoms with Gasteiger partial charge in [0.25, 0.3) is 7.82 Å². The predicted molar refractivity (Wildman–Crippen MR) is 104 cm³/mol. The van der Waals surface area contributed by atoms with Crippen molar-refractivity contribution in [1.29, 1.82) is 0 Å². The van der Waals surface area contributed by atoms with Gasteiger partial charge in [0.15, 0.2) is 0 Å². The van der Waals surface area contributed by atoms with Crippen molar-refractivity contribution in [2.45, 2.75) is 39.5 Å². The van der Waals surface area contributed by atoms with E-state index in [9.17, 15) is 14.3 Å². The number of carbonyl (C=O) groups is 1. The van der Waals surface area contributed by atoms with Crippen LogP contribution >= 0.6 is 19.6 Å². The summed E-state index contributed by atoms with van der Waals surface area (Å²) in [4.78, 5) is 23.4. The van der Waals surface area contributed by atoms with E-state index in [1.54, 1.807) is 11.8 Å². The van der Waals surface area contributed by atoms with Crippen LogP contribution in [0, 0.1) is 5.92 Å². The molecule has 0 N–H and O–H groups in total. The lowest BCUT2D eigenvalue weighted by Crippen LogP contribution is -2.37. The van der Waals surface area contributed by atoms with E-state index in [4.69, 9.17) is 13.8 Å². The second-order valence-electron chi connectivity index (χ2n) is 7.33. The predicted octanol–water partition coefficient (Wildman–Crippen LogP) is 2.69. The normalized spacial score (nSPS) is 15.5. The first-order valence-corrected chi connectivity index (χ1v) is 11.8. The van der Waals surface area contributed by atoms with Crippen molar-refractivity contribution in [2.75, 3.05) is 59.0 Å². The Labute approximate surface area is 163 Å². The van der Waals surface area contributed by atoms with Crippen molar-refractivity contribution in [3.05, 3.63) is 0 Å². The van der Waals surface area contributed by atoms with Crippen LogP contribution in [-0.4, -0.2) is 69.5 Å². The molecule has 0 aliphatic heterocycles. The van der Waals surface area contributed by atoms with Crippen molar-refractivity contribution in [1.82, 2.24) is 0 Å². The van der Waals surface area contributed by atoms with Crippen LogP contribution in [0.4, 0.5) is 0 Å². The van der Waals surface area contributed by atoms with E-state index >= 15 is 0 Å². The summed E-state index contributed by atoms with van der Waals surface area (Å²) >= 11 is 1.75. The summed E-state index contributed by atoms with van der Waals surface area (Å²) in [6, 6.07) is 0. The van der Waals surface area contributed by atoms with Gasteiger partial charge in [-0.2, -0.15) is 11.8 Å². The minimum Gasteiger partial charge on any atom is -0.756 e. The molecule has 2 atom stereocenters. The Morgan fingerprint density at radius 3 is 2.38 bits per heavy atom. The molecule has 0 heterocycles. The Kier molecular flexibility index (Phi) is 13.9. The zero-order chi connectivity index (χ0) is 20.1. The molecular formula is C17H36NO6PS. The van der Waals surface area contributed by atoms with Gasteiger partial charge < -0.3 is 23.2 Å². The van der Waals surface area contributed by atoms with Gasteiger partial charge in [-0.25, -0.2) is 0 Å². The highest BCUT2D eigenvalue weighted by molar-refractivity contribution is 7.99. The Hall–Kier alpha value is -0.110. The largest absolute Gasteiger partial charge is 0.756 e. The Bertz CT molecular complexity index is 430. The highest BCUT2D eigenvalue weighted by Crippen LogP contribution is 2.37. The van der Waals surface area contributed by atoms with E-state index in [0.717, 1.165) is 5.75 Å². The molecule has 9 heteroatoms. The van der Waals surface area contributed by atoms with E-state index in [2.05, 4.69) is 6.92 Å². The lowest BCUT2D eigenvalue weighted by molar-refractivity contribution is -0.870. The maximum absolute atomic E-state index is 11.8. The number of likely N-dealkylation sites (N-methyl/N-ethyl adjacent to an activating group) is 1. The van der Waals surface area contributed by atoms with Gasteiger partial charge in [0, 0.05) is 5.75 Å². The molecule has 0 aromatic heterocycles. The fraction of sp³-hybridized carbons (Fsp3) is 0.941. The Morgan fingerprint density at radius 2 is 1.77 bits per heavy atom. The molecule has 0 saturated carbocycles. The summed E-state index contributed by atoms with van der Waals surface area (Å²) in [5, 5.41) is 0. The zero-order valence-corrected chi connectivity index (χ0v) is 18.6. The molecule has 0 fully saturated rings. The van der Waals surface area contributed by atoms with Crippen LogP contribution in [0.15, 0.2) is 0 Å². The van der Waals surface area contributed by atoms with E-state index in [1.165, 1.54) is 25.7 Å². The maximum atomic E-state index is 11.8. The molecule has 0 aliphatic carbocycles. The lowest BCUT2D eigenvalue weighted by Gasteiger charge is -2.27. The first kappa shape index (κ1) is 25.9. The van der Waals surface area contributed by atoms with Crippen molar-refractivity contribution < 1.29 is 32.5 Å². The van der Waals surface area contributed by atoms with Crippen molar-refractivity contribution in [3.63, 3.8) is 0 Å². The van der Waals surface area contributed by atoms with Crippen molar-refractivity contribution in [3.8, 4) is 0 Å². The first-order valence-electron chi connectivity index (χ1n) is 9.22. The van der Waals surface area contributed by atoms with Crippen LogP contribution in [0.3, 0.4) is 0 Å². The van der Waals surface area contributed by atoms with E-state index < -0.39 is 7.82 Å². The molecule has 26 heavy (non-hydrogen) atoms. The molecule has 0 aliphatic rings. The molecule has 0 radical (unpaired) electrons. The number of thioether (sulfide) groups is 1. The third-order valence-corrected chi connectivity index (χ3v) is 5.81. The monoisotopic (exact) mass is 413 g/mol. The number of unbranched alkanes of at least 4 members (excludes halogenated alkanes) is 3. The van der Waals surface area contributed by atoms with E-state index in [-0.39, 0.29) is 31.7 Å². The third kappa shape index (κ3) is 16.1.